The first-order chi connectivity index (χ1) is 11.1. The van der Waals surface area contributed by atoms with E-state index < -0.39 is 0 Å². The molecule has 2 aromatic rings. The van der Waals surface area contributed by atoms with E-state index in [0.29, 0.717) is 19.5 Å². The van der Waals surface area contributed by atoms with Gasteiger partial charge in [-0.05, 0) is 30.5 Å². The van der Waals surface area contributed by atoms with Crippen LogP contribution in [-0.2, 0) is 16.0 Å². The van der Waals surface area contributed by atoms with Crippen LogP contribution in [-0.4, -0.2) is 36.1 Å². The molecule has 3 heteroatoms. The summed E-state index contributed by atoms with van der Waals surface area (Å²) in [7, 11) is 0. The molecule has 120 valence electrons. The van der Waals surface area contributed by atoms with Crippen LogP contribution in [0.4, 0.5) is 0 Å². The molecule has 0 spiro atoms. The van der Waals surface area contributed by atoms with E-state index >= 15 is 0 Å². The van der Waals surface area contributed by atoms with Gasteiger partial charge in [0.1, 0.15) is 0 Å². The summed E-state index contributed by atoms with van der Waals surface area (Å²) in [6.45, 7) is 5.41. The number of ether oxygens (including phenoxy) is 1. The summed E-state index contributed by atoms with van der Waals surface area (Å²) >= 11 is 0. The molecule has 1 aliphatic heterocycles. The van der Waals surface area contributed by atoms with Crippen molar-refractivity contribution in [1.29, 1.82) is 0 Å². The minimum absolute atomic E-state index is 0.114. The van der Waals surface area contributed by atoms with E-state index in [2.05, 4.69) is 24.3 Å². The fourth-order valence-corrected chi connectivity index (χ4v) is 3.11. The van der Waals surface area contributed by atoms with Gasteiger partial charge in [0.05, 0.1) is 18.6 Å². The number of nitrogens with zero attached hydrogens (tertiary/aromatic N) is 1. The van der Waals surface area contributed by atoms with Crippen LogP contribution < -0.4 is 0 Å². The van der Waals surface area contributed by atoms with E-state index in [-0.39, 0.29) is 18.1 Å². The number of carbonyl (C=O) groups is 1. The maximum atomic E-state index is 12.5. The van der Waals surface area contributed by atoms with E-state index in [1.54, 1.807) is 0 Å². The van der Waals surface area contributed by atoms with Crippen molar-refractivity contribution in [3.63, 3.8) is 0 Å². The molecule has 3 rings (SSSR count). The zero-order chi connectivity index (χ0) is 16.2. The number of benzene rings is 2. The van der Waals surface area contributed by atoms with Crippen LogP contribution >= 0.6 is 0 Å². The van der Waals surface area contributed by atoms with Crippen molar-refractivity contribution in [2.24, 2.45) is 0 Å². The summed E-state index contributed by atoms with van der Waals surface area (Å²) in [6, 6.07) is 18.5. The van der Waals surface area contributed by atoms with Gasteiger partial charge in [0.15, 0.2) is 0 Å². The molecule has 0 aromatic heterocycles. The van der Waals surface area contributed by atoms with Gasteiger partial charge in [0.25, 0.3) is 0 Å². The van der Waals surface area contributed by atoms with E-state index in [9.17, 15) is 4.79 Å². The standard InChI is InChI=1S/C20H23NO2/c1-15-13-21(14-16(2)23-15)20(22)12-17-8-10-19(11-9-17)18-6-4-3-5-7-18/h3-11,15-16H,12-14H2,1-2H3/t15-,16+. The van der Waals surface area contributed by atoms with Crippen molar-refractivity contribution in [3.8, 4) is 11.1 Å². The molecule has 0 bridgehead atoms. The molecule has 0 unspecified atom stereocenters. The number of carbonyl (C=O) groups excluding carboxylic acids is 1. The first-order valence-electron chi connectivity index (χ1n) is 8.19. The largest absolute Gasteiger partial charge is 0.372 e. The van der Waals surface area contributed by atoms with E-state index in [1.165, 1.54) is 11.1 Å². The van der Waals surface area contributed by atoms with Crippen LogP contribution in [0.25, 0.3) is 11.1 Å². The zero-order valence-corrected chi connectivity index (χ0v) is 13.7. The fraction of sp³-hybridized carbons (Fsp3) is 0.350. The van der Waals surface area contributed by atoms with Crippen molar-refractivity contribution in [3.05, 3.63) is 60.2 Å². The third kappa shape index (κ3) is 3.99. The van der Waals surface area contributed by atoms with E-state index in [1.807, 2.05) is 49.1 Å². The normalized spacial score (nSPS) is 21.2. The maximum Gasteiger partial charge on any atom is 0.227 e. The van der Waals surface area contributed by atoms with Crippen LogP contribution in [0.15, 0.2) is 54.6 Å². The van der Waals surface area contributed by atoms with Crippen molar-refractivity contribution in [1.82, 2.24) is 4.90 Å². The Morgan fingerprint density at radius 3 is 2.13 bits per heavy atom. The van der Waals surface area contributed by atoms with Gasteiger partial charge in [-0.3, -0.25) is 4.79 Å². The molecule has 2 atom stereocenters. The average Bonchev–Trinajstić information content (AvgIpc) is 2.55. The highest BCUT2D eigenvalue weighted by atomic mass is 16.5. The van der Waals surface area contributed by atoms with Gasteiger partial charge in [-0.2, -0.15) is 0 Å². The highest BCUT2D eigenvalue weighted by Crippen LogP contribution is 2.20. The second-order valence-corrected chi connectivity index (χ2v) is 6.30. The summed E-state index contributed by atoms with van der Waals surface area (Å²) in [5, 5.41) is 0. The van der Waals surface area contributed by atoms with Crippen LogP contribution in [0.2, 0.25) is 0 Å². The first-order valence-corrected chi connectivity index (χ1v) is 8.19. The summed E-state index contributed by atoms with van der Waals surface area (Å²) in [5.74, 6) is 0.180. The third-order valence-corrected chi connectivity index (χ3v) is 4.19. The first kappa shape index (κ1) is 15.8. The quantitative estimate of drug-likeness (QED) is 0.868. The van der Waals surface area contributed by atoms with Gasteiger partial charge >= 0.3 is 0 Å². The Morgan fingerprint density at radius 2 is 1.52 bits per heavy atom. The number of amides is 1. The number of rotatable bonds is 3. The van der Waals surface area contributed by atoms with Crippen LogP contribution in [0.5, 0.6) is 0 Å². The molecule has 0 radical (unpaired) electrons. The summed E-state index contributed by atoms with van der Waals surface area (Å²) < 4.78 is 5.69. The fourth-order valence-electron chi connectivity index (χ4n) is 3.11. The van der Waals surface area contributed by atoms with Crippen molar-refractivity contribution in [2.45, 2.75) is 32.5 Å². The predicted octanol–water partition coefficient (Wildman–Crippen LogP) is 3.53. The molecule has 1 aliphatic rings. The number of hydrogen-bond donors (Lipinski definition) is 0. The molecule has 0 saturated carbocycles. The smallest absolute Gasteiger partial charge is 0.227 e. The molecule has 0 N–H and O–H groups in total. The Balaban J connectivity index is 1.65. The van der Waals surface area contributed by atoms with Crippen molar-refractivity contribution < 1.29 is 9.53 Å². The van der Waals surface area contributed by atoms with E-state index in [4.69, 9.17) is 4.74 Å². The molecule has 1 amide bonds. The summed E-state index contributed by atoms with van der Waals surface area (Å²) in [6.07, 6.45) is 0.681. The van der Waals surface area contributed by atoms with Gasteiger partial charge in [0.2, 0.25) is 5.91 Å². The molecular weight excluding hydrogens is 286 g/mol. The summed E-state index contributed by atoms with van der Waals surface area (Å²) in [5.41, 5.74) is 3.43. The van der Waals surface area contributed by atoms with E-state index in [0.717, 1.165) is 5.56 Å². The monoisotopic (exact) mass is 309 g/mol. The lowest BCUT2D eigenvalue weighted by Gasteiger charge is -2.35. The number of hydrogen-bond acceptors (Lipinski definition) is 2. The topological polar surface area (TPSA) is 29.5 Å². The zero-order valence-electron chi connectivity index (χ0n) is 13.7. The summed E-state index contributed by atoms with van der Waals surface area (Å²) in [4.78, 5) is 14.4. The third-order valence-electron chi connectivity index (χ3n) is 4.19. The van der Waals surface area contributed by atoms with Crippen LogP contribution in [0.3, 0.4) is 0 Å². The SMILES string of the molecule is C[C@@H]1CN(C(=O)Cc2ccc(-c3ccccc3)cc2)C[C@H](C)O1. The maximum absolute atomic E-state index is 12.5. The molecule has 3 nitrogen and oxygen atoms in total. The van der Waals surface area contributed by atoms with Crippen molar-refractivity contribution in [2.75, 3.05) is 13.1 Å². The van der Waals surface area contributed by atoms with Gasteiger partial charge in [-0.1, -0.05) is 54.6 Å². The molecule has 1 saturated heterocycles. The second kappa shape index (κ2) is 6.97. The molecule has 23 heavy (non-hydrogen) atoms. The molecular formula is C20H23NO2. The molecule has 1 heterocycles. The lowest BCUT2D eigenvalue weighted by molar-refractivity contribution is -0.142. The van der Waals surface area contributed by atoms with Gasteiger partial charge in [-0.25, -0.2) is 0 Å². The Bertz CT molecular complexity index is 641. The minimum Gasteiger partial charge on any atom is -0.372 e. The Kier molecular flexibility index (Phi) is 4.77. The highest BCUT2D eigenvalue weighted by Gasteiger charge is 2.25. The Morgan fingerprint density at radius 1 is 0.957 bits per heavy atom. The van der Waals surface area contributed by atoms with Crippen LogP contribution in [0, 0.1) is 0 Å². The van der Waals surface area contributed by atoms with Gasteiger partial charge in [0, 0.05) is 13.1 Å². The molecule has 1 fully saturated rings. The lowest BCUT2D eigenvalue weighted by Crippen LogP contribution is -2.48. The minimum atomic E-state index is 0.114. The molecule has 0 aliphatic carbocycles. The Hall–Kier alpha value is -2.13. The molecule has 2 aromatic carbocycles. The Labute approximate surface area is 137 Å². The van der Waals surface area contributed by atoms with Crippen molar-refractivity contribution >= 4 is 5.91 Å². The predicted molar refractivity (Wildman–Crippen MR) is 92.2 cm³/mol. The van der Waals surface area contributed by atoms with Crippen LogP contribution in [0.1, 0.15) is 19.4 Å². The van der Waals surface area contributed by atoms with Gasteiger partial charge < -0.3 is 9.64 Å². The number of morpholine rings is 1. The second-order valence-electron chi connectivity index (χ2n) is 6.30. The highest BCUT2D eigenvalue weighted by molar-refractivity contribution is 5.79. The lowest BCUT2D eigenvalue weighted by atomic mass is 10.0. The van der Waals surface area contributed by atoms with Gasteiger partial charge in [-0.15, -0.1) is 0 Å². The average molecular weight is 309 g/mol.